The lowest BCUT2D eigenvalue weighted by Gasteiger charge is -2.63. The number of aliphatic hydroxyl groups is 3. The zero-order valence-corrected chi connectivity index (χ0v) is 18.3. The van der Waals surface area contributed by atoms with Crippen molar-refractivity contribution >= 4 is 5.97 Å². The lowest BCUT2D eigenvalue weighted by molar-refractivity contribution is -0.207. The van der Waals surface area contributed by atoms with Crippen molar-refractivity contribution in [3.8, 4) is 0 Å². The molecule has 4 rings (SSSR count). The van der Waals surface area contributed by atoms with Gasteiger partial charge in [0, 0.05) is 6.42 Å². The number of hydrogen-bond acceptors (Lipinski definition) is 4. The molecule has 0 heterocycles. The largest absolute Gasteiger partial charge is 0.481 e. The quantitative estimate of drug-likeness (QED) is 0.571. The SMILES string of the molecule is CC(CCC(=O)O)[C@H]1CC[C@H]2[C@@H]3[C@H](O)C[C@@H]4C[C@H](O)CC[C@]4(C)[C@H]3C[C@H](O)[C@]12C. The Labute approximate surface area is 174 Å². The zero-order chi connectivity index (χ0) is 21.1. The molecule has 1 unspecified atom stereocenters. The predicted molar refractivity (Wildman–Crippen MR) is 110 cm³/mol. The third-order valence-electron chi connectivity index (χ3n) is 10.3. The van der Waals surface area contributed by atoms with Gasteiger partial charge in [-0.25, -0.2) is 0 Å². The molecular weight excluding hydrogens is 368 g/mol. The molecule has 5 nitrogen and oxygen atoms in total. The van der Waals surface area contributed by atoms with Gasteiger partial charge in [0.15, 0.2) is 0 Å². The highest BCUT2D eigenvalue weighted by molar-refractivity contribution is 5.66. The van der Waals surface area contributed by atoms with Crippen molar-refractivity contribution in [3.63, 3.8) is 0 Å². The van der Waals surface area contributed by atoms with Gasteiger partial charge in [0.05, 0.1) is 18.3 Å². The van der Waals surface area contributed by atoms with Crippen molar-refractivity contribution in [1.29, 1.82) is 0 Å². The van der Waals surface area contributed by atoms with Crippen molar-refractivity contribution in [2.75, 3.05) is 0 Å². The first-order valence-corrected chi connectivity index (χ1v) is 11.8. The molecule has 4 N–H and O–H groups in total. The van der Waals surface area contributed by atoms with E-state index >= 15 is 0 Å². The Morgan fingerprint density at radius 2 is 1.76 bits per heavy atom. The van der Waals surface area contributed by atoms with E-state index in [0.717, 1.165) is 44.9 Å². The molecule has 4 fully saturated rings. The summed E-state index contributed by atoms with van der Waals surface area (Å²) in [7, 11) is 0. The van der Waals surface area contributed by atoms with Crippen LogP contribution in [0.3, 0.4) is 0 Å². The Morgan fingerprint density at radius 1 is 1.03 bits per heavy atom. The summed E-state index contributed by atoms with van der Waals surface area (Å²) in [5.74, 6) is 0.997. The average Bonchev–Trinajstić information content (AvgIpc) is 3.01. The molecule has 4 saturated carbocycles. The number of fused-ring (bicyclic) bond motifs is 5. The van der Waals surface area contributed by atoms with Crippen molar-refractivity contribution in [1.82, 2.24) is 0 Å². The van der Waals surface area contributed by atoms with Crippen LogP contribution in [0.15, 0.2) is 0 Å². The smallest absolute Gasteiger partial charge is 0.303 e. The van der Waals surface area contributed by atoms with Crippen molar-refractivity contribution in [2.24, 2.45) is 46.3 Å². The highest BCUT2D eigenvalue weighted by atomic mass is 16.4. The number of aliphatic hydroxyl groups excluding tert-OH is 3. The fraction of sp³-hybridized carbons (Fsp3) is 0.958. The molecule has 0 saturated heterocycles. The monoisotopic (exact) mass is 408 g/mol. The molecule has 0 spiro atoms. The first-order valence-electron chi connectivity index (χ1n) is 11.8. The molecule has 29 heavy (non-hydrogen) atoms. The number of carboxylic acid groups (broad SMARTS) is 1. The van der Waals surface area contributed by atoms with Crippen LogP contribution < -0.4 is 0 Å². The number of hydrogen-bond donors (Lipinski definition) is 4. The van der Waals surface area contributed by atoms with Crippen LogP contribution in [0.2, 0.25) is 0 Å². The van der Waals surface area contributed by atoms with E-state index in [-0.39, 0.29) is 41.3 Å². The maximum atomic E-state index is 11.5. The summed E-state index contributed by atoms with van der Waals surface area (Å²) in [6.07, 6.45) is 6.00. The second-order valence-corrected chi connectivity index (χ2v) is 11.4. The summed E-state index contributed by atoms with van der Waals surface area (Å²) >= 11 is 0. The van der Waals surface area contributed by atoms with E-state index in [1.807, 2.05) is 0 Å². The van der Waals surface area contributed by atoms with Crippen LogP contribution in [-0.4, -0.2) is 44.7 Å². The molecule has 0 aliphatic heterocycles. The molecule has 4 aliphatic carbocycles. The van der Waals surface area contributed by atoms with Gasteiger partial charge in [0.2, 0.25) is 0 Å². The molecule has 0 aromatic carbocycles. The first-order chi connectivity index (χ1) is 13.6. The van der Waals surface area contributed by atoms with E-state index in [1.165, 1.54) is 0 Å². The number of aliphatic carboxylic acids is 1. The molecule has 0 bridgehead atoms. The van der Waals surface area contributed by atoms with Gasteiger partial charge in [-0.3, -0.25) is 4.79 Å². The van der Waals surface area contributed by atoms with E-state index in [9.17, 15) is 20.1 Å². The van der Waals surface area contributed by atoms with Gasteiger partial charge < -0.3 is 20.4 Å². The standard InChI is InChI=1S/C24H40O5/c1-13(4-7-21(28)29)16-5-6-17-22-18(12-20(27)24(16,17)3)23(2)9-8-15(25)10-14(23)11-19(22)26/h13-20,22,25-27H,4-12H2,1-3H3,(H,28,29)/t13?,14-,15+,16+,17-,18-,19+,20-,22-,23-,24+/m0/s1. The van der Waals surface area contributed by atoms with Gasteiger partial charge in [0.1, 0.15) is 0 Å². The number of carbonyl (C=O) groups is 1. The molecule has 11 atom stereocenters. The normalized spacial score (nSPS) is 52.9. The Kier molecular flexibility index (Phi) is 5.57. The van der Waals surface area contributed by atoms with Gasteiger partial charge in [-0.15, -0.1) is 0 Å². The van der Waals surface area contributed by atoms with E-state index in [1.54, 1.807) is 0 Å². The van der Waals surface area contributed by atoms with Gasteiger partial charge in [-0.05, 0) is 97.7 Å². The summed E-state index contributed by atoms with van der Waals surface area (Å²) in [4.78, 5) is 11.1. The lowest BCUT2D eigenvalue weighted by atomic mass is 9.43. The van der Waals surface area contributed by atoms with Crippen LogP contribution in [0, 0.1) is 46.3 Å². The summed E-state index contributed by atoms with van der Waals surface area (Å²) in [6.45, 7) is 6.72. The van der Waals surface area contributed by atoms with Gasteiger partial charge >= 0.3 is 5.97 Å². The number of carboxylic acids is 1. The molecule has 0 amide bonds. The molecule has 5 heteroatoms. The van der Waals surface area contributed by atoms with Crippen LogP contribution in [0.1, 0.15) is 78.6 Å². The first kappa shape index (κ1) is 21.6. The van der Waals surface area contributed by atoms with Crippen molar-refractivity contribution < 1.29 is 25.2 Å². The highest BCUT2D eigenvalue weighted by Crippen LogP contribution is 2.68. The Morgan fingerprint density at radius 3 is 2.45 bits per heavy atom. The van der Waals surface area contributed by atoms with Crippen molar-refractivity contribution in [3.05, 3.63) is 0 Å². The Hall–Kier alpha value is -0.650. The molecule has 0 radical (unpaired) electrons. The van der Waals surface area contributed by atoms with Crippen LogP contribution in [-0.2, 0) is 4.79 Å². The molecule has 4 aliphatic rings. The maximum Gasteiger partial charge on any atom is 0.303 e. The highest BCUT2D eigenvalue weighted by Gasteiger charge is 2.65. The Bertz CT molecular complexity index is 637. The topological polar surface area (TPSA) is 98.0 Å². The van der Waals surface area contributed by atoms with Gasteiger partial charge in [-0.1, -0.05) is 20.8 Å². The summed E-state index contributed by atoms with van der Waals surface area (Å²) < 4.78 is 0. The van der Waals surface area contributed by atoms with E-state index in [4.69, 9.17) is 5.11 Å². The average molecular weight is 409 g/mol. The van der Waals surface area contributed by atoms with E-state index < -0.39 is 12.1 Å². The second-order valence-electron chi connectivity index (χ2n) is 11.4. The second kappa shape index (κ2) is 7.49. The number of rotatable bonds is 4. The van der Waals surface area contributed by atoms with Crippen LogP contribution in [0.25, 0.3) is 0 Å². The molecule has 0 aromatic rings. The van der Waals surface area contributed by atoms with Gasteiger partial charge in [0.25, 0.3) is 0 Å². The van der Waals surface area contributed by atoms with E-state index in [2.05, 4.69) is 20.8 Å². The fourth-order valence-electron chi connectivity index (χ4n) is 8.68. The minimum Gasteiger partial charge on any atom is -0.481 e. The lowest BCUT2D eigenvalue weighted by Crippen LogP contribution is -2.62. The molecular formula is C24H40O5. The zero-order valence-electron chi connectivity index (χ0n) is 18.3. The third-order valence-corrected chi connectivity index (χ3v) is 10.3. The summed E-state index contributed by atoms with van der Waals surface area (Å²) in [5, 5.41) is 42.0. The summed E-state index contributed by atoms with van der Waals surface area (Å²) in [5.41, 5.74) is -0.143. The maximum absolute atomic E-state index is 11.5. The fourth-order valence-corrected chi connectivity index (χ4v) is 8.68. The summed E-state index contributed by atoms with van der Waals surface area (Å²) in [6, 6.07) is 0. The van der Waals surface area contributed by atoms with Crippen LogP contribution >= 0.6 is 0 Å². The van der Waals surface area contributed by atoms with Crippen molar-refractivity contribution in [2.45, 2.75) is 96.9 Å². The molecule has 0 aromatic heterocycles. The third kappa shape index (κ3) is 3.27. The van der Waals surface area contributed by atoms with Crippen LogP contribution in [0.4, 0.5) is 0 Å². The molecule has 166 valence electrons. The predicted octanol–water partition coefficient (Wildman–Crippen LogP) is 3.45. The minimum absolute atomic E-state index is 0.0957. The minimum atomic E-state index is -0.748. The van der Waals surface area contributed by atoms with E-state index in [0.29, 0.717) is 30.1 Å². The van der Waals surface area contributed by atoms with Crippen LogP contribution in [0.5, 0.6) is 0 Å². The van der Waals surface area contributed by atoms with Gasteiger partial charge in [-0.2, -0.15) is 0 Å². The Balaban J connectivity index is 1.61.